The maximum Gasteiger partial charge on any atom is 0.216 e. The van der Waals surface area contributed by atoms with Gasteiger partial charge in [-0.2, -0.15) is 0 Å². The minimum absolute atomic E-state index is 0.0743. The van der Waals surface area contributed by atoms with Crippen LogP contribution in [0.4, 0.5) is 0 Å². The molecule has 0 aromatic rings. The molecule has 1 heterocycles. The van der Waals surface area contributed by atoms with Gasteiger partial charge in [0.15, 0.2) is 0 Å². The fourth-order valence-electron chi connectivity index (χ4n) is 2.28. The molecular weight excluding hydrogens is 264 g/mol. The van der Waals surface area contributed by atoms with Gasteiger partial charge in [-0.25, -0.2) is 12.7 Å². The van der Waals surface area contributed by atoms with Gasteiger partial charge >= 0.3 is 0 Å². The number of hydrogen-bond acceptors (Lipinski definition) is 4. The zero-order valence-corrected chi connectivity index (χ0v) is 13.2. The van der Waals surface area contributed by atoms with Gasteiger partial charge in [0.2, 0.25) is 10.0 Å². The molecule has 0 aromatic heterocycles. The first-order chi connectivity index (χ1) is 8.95. The SMILES string of the molecule is CCN(CC1CCCCN1)S(=O)(=O)CCOC(C)C. The molecule has 0 amide bonds. The zero-order valence-electron chi connectivity index (χ0n) is 12.4. The maximum atomic E-state index is 12.2. The summed E-state index contributed by atoms with van der Waals surface area (Å²) in [6, 6.07) is 0.300. The van der Waals surface area contributed by atoms with Crippen molar-refractivity contribution in [3.63, 3.8) is 0 Å². The second-order valence-corrected chi connectivity index (χ2v) is 7.42. The van der Waals surface area contributed by atoms with E-state index < -0.39 is 10.0 Å². The first kappa shape index (κ1) is 16.9. The van der Waals surface area contributed by atoms with E-state index in [1.807, 2.05) is 20.8 Å². The molecule has 6 heteroatoms. The number of sulfonamides is 1. The average Bonchev–Trinajstić information content (AvgIpc) is 2.36. The van der Waals surface area contributed by atoms with E-state index in [2.05, 4.69) is 5.32 Å². The van der Waals surface area contributed by atoms with E-state index in [-0.39, 0.29) is 18.5 Å². The normalized spacial score (nSPS) is 21.2. The van der Waals surface area contributed by atoms with Gasteiger partial charge < -0.3 is 10.1 Å². The number of rotatable bonds is 8. The van der Waals surface area contributed by atoms with Gasteiger partial charge in [-0.05, 0) is 33.2 Å². The predicted octanol–water partition coefficient (Wildman–Crippen LogP) is 1.21. The Morgan fingerprint density at radius 2 is 2.11 bits per heavy atom. The van der Waals surface area contributed by atoms with Gasteiger partial charge in [0.05, 0.1) is 18.5 Å². The maximum absolute atomic E-state index is 12.2. The molecule has 0 radical (unpaired) electrons. The standard InChI is InChI=1S/C13H28N2O3S/c1-4-15(11-13-7-5-6-8-14-13)19(16,17)10-9-18-12(2)3/h12-14H,4-11H2,1-3H3. The highest BCUT2D eigenvalue weighted by molar-refractivity contribution is 7.89. The second-order valence-electron chi connectivity index (χ2n) is 5.33. The molecule has 114 valence electrons. The van der Waals surface area contributed by atoms with Crippen LogP contribution in [0, 0.1) is 0 Å². The lowest BCUT2D eigenvalue weighted by Crippen LogP contribution is -2.46. The molecule has 1 rings (SSSR count). The first-order valence-corrected chi connectivity index (χ1v) is 8.89. The smallest absolute Gasteiger partial charge is 0.216 e. The summed E-state index contributed by atoms with van der Waals surface area (Å²) in [5.74, 6) is 0.0751. The first-order valence-electron chi connectivity index (χ1n) is 7.28. The third kappa shape index (κ3) is 6.21. The number of nitrogens with zero attached hydrogens (tertiary/aromatic N) is 1. The molecule has 1 atom stereocenters. The van der Waals surface area contributed by atoms with Crippen LogP contribution < -0.4 is 5.32 Å². The van der Waals surface area contributed by atoms with E-state index in [1.165, 1.54) is 12.8 Å². The summed E-state index contributed by atoms with van der Waals surface area (Å²) in [4.78, 5) is 0. The van der Waals surface area contributed by atoms with Gasteiger partial charge in [0.25, 0.3) is 0 Å². The molecule has 5 nitrogen and oxygen atoms in total. The average molecular weight is 292 g/mol. The fraction of sp³-hybridized carbons (Fsp3) is 1.00. The Labute approximate surface area is 117 Å². The molecule has 0 aliphatic carbocycles. The van der Waals surface area contributed by atoms with Crippen molar-refractivity contribution in [2.45, 2.75) is 52.2 Å². The molecule has 1 N–H and O–H groups in total. The van der Waals surface area contributed by atoms with Crippen molar-refractivity contribution in [1.29, 1.82) is 0 Å². The molecule has 1 fully saturated rings. The topological polar surface area (TPSA) is 58.6 Å². The summed E-state index contributed by atoms with van der Waals surface area (Å²) in [5.41, 5.74) is 0. The van der Waals surface area contributed by atoms with Crippen molar-refractivity contribution in [3.05, 3.63) is 0 Å². The molecule has 0 bridgehead atoms. The van der Waals surface area contributed by atoms with Crippen molar-refractivity contribution in [3.8, 4) is 0 Å². The van der Waals surface area contributed by atoms with Gasteiger partial charge in [0, 0.05) is 19.1 Å². The Morgan fingerprint density at radius 1 is 1.37 bits per heavy atom. The van der Waals surface area contributed by atoms with Crippen LogP contribution in [-0.4, -0.2) is 56.9 Å². The van der Waals surface area contributed by atoms with Gasteiger partial charge in [-0.1, -0.05) is 13.3 Å². The summed E-state index contributed by atoms with van der Waals surface area (Å²) in [6.45, 7) is 8.10. The van der Waals surface area contributed by atoms with Crippen LogP contribution in [0.25, 0.3) is 0 Å². The van der Waals surface area contributed by atoms with Crippen LogP contribution in [0.1, 0.15) is 40.0 Å². The van der Waals surface area contributed by atoms with E-state index in [0.717, 1.165) is 13.0 Å². The van der Waals surface area contributed by atoms with E-state index in [0.29, 0.717) is 19.1 Å². The zero-order chi connectivity index (χ0) is 14.3. The minimum atomic E-state index is -3.20. The highest BCUT2D eigenvalue weighted by Gasteiger charge is 2.24. The lowest BCUT2D eigenvalue weighted by molar-refractivity contribution is 0.0906. The number of likely N-dealkylation sites (N-methyl/N-ethyl adjacent to an activating group) is 1. The van der Waals surface area contributed by atoms with E-state index in [1.54, 1.807) is 4.31 Å². The highest BCUT2D eigenvalue weighted by atomic mass is 32.2. The molecule has 0 saturated carbocycles. The van der Waals surface area contributed by atoms with Crippen molar-refractivity contribution < 1.29 is 13.2 Å². The summed E-state index contributed by atoms with van der Waals surface area (Å²) in [7, 11) is -3.20. The second kappa shape index (κ2) is 8.19. The van der Waals surface area contributed by atoms with Crippen molar-refractivity contribution in [2.24, 2.45) is 0 Å². The Balaban J connectivity index is 2.46. The molecule has 1 aliphatic heterocycles. The van der Waals surface area contributed by atoms with E-state index >= 15 is 0 Å². The number of piperidine rings is 1. The lowest BCUT2D eigenvalue weighted by Gasteiger charge is -2.29. The van der Waals surface area contributed by atoms with Gasteiger partial charge in [0.1, 0.15) is 0 Å². The predicted molar refractivity (Wildman–Crippen MR) is 77.8 cm³/mol. The quantitative estimate of drug-likeness (QED) is 0.730. The molecule has 0 spiro atoms. The van der Waals surface area contributed by atoms with Crippen molar-refractivity contribution >= 4 is 10.0 Å². The molecule has 1 aliphatic rings. The Bertz CT molecular complexity index is 338. The minimum Gasteiger partial charge on any atom is -0.378 e. The lowest BCUT2D eigenvalue weighted by atomic mass is 10.1. The Kier molecular flexibility index (Phi) is 7.28. The van der Waals surface area contributed by atoms with Crippen LogP contribution in [0.5, 0.6) is 0 Å². The van der Waals surface area contributed by atoms with Crippen LogP contribution >= 0.6 is 0 Å². The summed E-state index contributed by atoms with van der Waals surface area (Å²) in [5, 5.41) is 3.39. The summed E-state index contributed by atoms with van der Waals surface area (Å²) in [6.07, 6.45) is 3.52. The summed E-state index contributed by atoms with van der Waals surface area (Å²) < 4.78 is 31.4. The Hall–Kier alpha value is -0.170. The van der Waals surface area contributed by atoms with Crippen molar-refractivity contribution in [2.75, 3.05) is 32.0 Å². The number of nitrogens with one attached hydrogen (secondary N) is 1. The highest BCUT2D eigenvalue weighted by Crippen LogP contribution is 2.11. The largest absolute Gasteiger partial charge is 0.378 e. The van der Waals surface area contributed by atoms with Crippen LogP contribution in [0.15, 0.2) is 0 Å². The molecule has 19 heavy (non-hydrogen) atoms. The monoisotopic (exact) mass is 292 g/mol. The molecular formula is C13H28N2O3S. The van der Waals surface area contributed by atoms with Crippen LogP contribution in [-0.2, 0) is 14.8 Å². The number of ether oxygens (including phenoxy) is 1. The fourth-order valence-corrected chi connectivity index (χ4v) is 3.65. The molecule has 1 saturated heterocycles. The third-order valence-corrected chi connectivity index (χ3v) is 5.25. The third-order valence-electron chi connectivity index (χ3n) is 3.37. The molecule has 1 unspecified atom stereocenters. The van der Waals surface area contributed by atoms with Crippen molar-refractivity contribution in [1.82, 2.24) is 9.62 Å². The van der Waals surface area contributed by atoms with Crippen LogP contribution in [0.2, 0.25) is 0 Å². The van der Waals surface area contributed by atoms with Gasteiger partial charge in [-0.15, -0.1) is 0 Å². The summed E-state index contributed by atoms with van der Waals surface area (Å²) >= 11 is 0. The van der Waals surface area contributed by atoms with Gasteiger partial charge in [-0.3, -0.25) is 0 Å². The number of hydrogen-bond donors (Lipinski definition) is 1. The Morgan fingerprint density at radius 3 is 2.63 bits per heavy atom. The van der Waals surface area contributed by atoms with E-state index in [4.69, 9.17) is 4.74 Å². The van der Waals surface area contributed by atoms with E-state index in [9.17, 15) is 8.42 Å². The van der Waals surface area contributed by atoms with Crippen LogP contribution in [0.3, 0.4) is 0 Å². The molecule has 0 aromatic carbocycles.